The van der Waals surface area contributed by atoms with Gasteiger partial charge in [-0.05, 0) is 36.8 Å². The summed E-state index contributed by atoms with van der Waals surface area (Å²) < 4.78 is 63.9. The lowest BCUT2D eigenvalue weighted by Gasteiger charge is -2.18. The Labute approximate surface area is 187 Å². The van der Waals surface area contributed by atoms with Crippen molar-refractivity contribution < 1.29 is 21.9 Å². The number of fused-ring (bicyclic) bond motifs is 3. The second kappa shape index (κ2) is 7.95. The van der Waals surface area contributed by atoms with Crippen LogP contribution in [0.2, 0.25) is 0 Å². The number of imidazole rings is 1. The SMILES string of the molecule is N#Cc1c(NS(=O)(=O)N2CC[C@@H](F)C2)ccc(F)c1Oc1ccc2ncn3cncc3c2c1. The fourth-order valence-electron chi connectivity index (χ4n) is 3.71. The molecule has 0 unspecified atom stereocenters. The van der Waals surface area contributed by atoms with Gasteiger partial charge in [-0.3, -0.25) is 9.12 Å². The quantitative estimate of drug-likeness (QED) is 0.479. The summed E-state index contributed by atoms with van der Waals surface area (Å²) in [6.07, 6.45) is 3.67. The number of anilines is 1. The summed E-state index contributed by atoms with van der Waals surface area (Å²) in [6.45, 7) is -0.271. The third-order valence-electron chi connectivity index (χ3n) is 5.34. The van der Waals surface area contributed by atoms with Crippen LogP contribution in [-0.2, 0) is 10.2 Å². The topological polar surface area (TPSA) is 113 Å². The summed E-state index contributed by atoms with van der Waals surface area (Å²) in [5.74, 6) is -1.07. The molecule has 4 aromatic rings. The van der Waals surface area contributed by atoms with Crippen LogP contribution in [0.15, 0.2) is 49.2 Å². The maximum absolute atomic E-state index is 14.7. The number of ether oxygens (including phenoxy) is 1. The minimum atomic E-state index is -4.13. The van der Waals surface area contributed by atoms with Gasteiger partial charge in [-0.1, -0.05) is 0 Å². The number of aromatic nitrogens is 3. The van der Waals surface area contributed by atoms with E-state index >= 15 is 0 Å². The molecule has 0 spiro atoms. The van der Waals surface area contributed by atoms with Crippen LogP contribution in [0.25, 0.3) is 16.4 Å². The van der Waals surface area contributed by atoms with Gasteiger partial charge in [0.25, 0.3) is 0 Å². The highest BCUT2D eigenvalue weighted by molar-refractivity contribution is 7.90. The summed E-state index contributed by atoms with van der Waals surface area (Å²) >= 11 is 0. The first kappa shape index (κ1) is 21.0. The number of nitrogens with one attached hydrogen (secondary N) is 1. The van der Waals surface area contributed by atoms with Crippen molar-refractivity contribution in [2.75, 3.05) is 17.8 Å². The molecule has 1 fully saturated rings. The van der Waals surface area contributed by atoms with Gasteiger partial charge in [-0.2, -0.15) is 18.0 Å². The third-order valence-corrected chi connectivity index (χ3v) is 6.83. The Morgan fingerprint density at radius 2 is 2.09 bits per heavy atom. The molecule has 0 saturated carbocycles. The lowest BCUT2D eigenvalue weighted by atomic mass is 10.1. The summed E-state index contributed by atoms with van der Waals surface area (Å²) in [6, 6.07) is 8.78. The fourth-order valence-corrected chi connectivity index (χ4v) is 4.99. The number of nitrogens with zero attached hydrogens (tertiary/aromatic N) is 5. The zero-order valence-corrected chi connectivity index (χ0v) is 17.8. The molecule has 9 nitrogen and oxygen atoms in total. The summed E-state index contributed by atoms with van der Waals surface area (Å²) in [5, 5.41) is 10.4. The highest BCUT2D eigenvalue weighted by Crippen LogP contribution is 2.35. The smallest absolute Gasteiger partial charge is 0.301 e. The van der Waals surface area contributed by atoms with Crippen molar-refractivity contribution in [1.82, 2.24) is 18.7 Å². The Kier molecular flexibility index (Phi) is 5.07. The number of hydrogen-bond donors (Lipinski definition) is 1. The van der Waals surface area contributed by atoms with Crippen LogP contribution in [0.1, 0.15) is 12.0 Å². The number of nitriles is 1. The van der Waals surface area contributed by atoms with Crippen LogP contribution >= 0.6 is 0 Å². The van der Waals surface area contributed by atoms with E-state index in [1.54, 1.807) is 47.5 Å². The molecule has 5 rings (SSSR count). The van der Waals surface area contributed by atoms with Crippen molar-refractivity contribution >= 4 is 32.3 Å². The first-order valence-electron chi connectivity index (χ1n) is 9.88. The van der Waals surface area contributed by atoms with Crippen molar-refractivity contribution in [1.29, 1.82) is 5.26 Å². The molecule has 33 heavy (non-hydrogen) atoms. The van der Waals surface area contributed by atoms with E-state index in [0.717, 1.165) is 22.0 Å². The van der Waals surface area contributed by atoms with Gasteiger partial charge >= 0.3 is 10.2 Å². The Balaban J connectivity index is 1.52. The van der Waals surface area contributed by atoms with Gasteiger partial charge in [-0.15, -0.1) is 0 Å². The Morgan fingerprint density at radius 1 is 1.24 bits per heavy atom. The molecule has 1 aliphatic rings. The number of benzene rings is 2. The number of alkyl halides is 1. The second-order valence-corrected chi connectivity index (χ2v) is 9.14. The minimum absolute atomic E-state index is 0.0110. The predicted molar refractivity (Wildman–Crippen MR) is 115 cm³/mol. The number of rotatable bonds is 5. The Bertz CT molecular complexity index is 1530. The fraction of sp³-hybridized carbons (Fsp3) is 0.190. The lowest BCUT2D eigenvalue weighted by Crippen LogP contribution is -2.34. The van der Waals surface area contributed by atoms with E-state index < -0.39 is 27.9 Å². The van der Waals surface area contributed by atoms with Crippen molar-refractivity contribution in [2.24, 2.45) is 0 Å². The van der Waals surface area contributed by atoms with E-state index in [4.69, 9.17) is 4.74 Å². The molecule has 0 aliphatic carbocycles. The first-order valence-corrected chi connectivity index (χ1v) is 11.3. The van der Waals surface area contributed by atoms with Crippen LogP contribution in [-0.4, -0.2) is 46.4 Å². The summed E-state index contributed by atoms with van der Waals surface area (Å²) in [4.78, 5) is 8.39. The van der Waals surface area contributed by atoms with Crippen LogP contribution in [0.3, 0.4) is 0 Å². The molecule has 0 amide bonds. The molecule has 0 bridgehead atoms. The molecule has 168 valence electrons. The van der Waals surface area contributed by atoms with E-state index in [0.29, 0.717) is 10.9 Å². The van der Waals surface area contributed by atoms with Crippen LogP contribution in [0, 0.1) is 17.1 Å². The maximum Gasteiger partial charge on any atom is 0.301 e. The monoisotopic (exact) mass is 470 g/mol. The molecule has 1 N–H and O–H groups in total. The van der Waals surface area contributed by atoms with Crippen molar-refractivity contribution in [3.05, 3.63) is 60.6 Å². The molecular weight excluding hydrogens is 454 g/mol. The molecule has 0 radical (unpaired) electrons. The normalized spacial score (nSPS) is 16.8. The zero-order valence-electron chi connectivity index (χ0n) is 16.9. The van der Waals surface area contributed by atoms with Gasteiger partial charge in [0.15, 0.2) is 11.6 Å². The molecule has 3 heterocycles. The molecule has 1 saturated heterocycles. The highest BCUT2D eigenvalue weighted by atomic mass is 32.2. The molecule has 2 aromatic heterocycles. The average molecular weight is 470 g/mol. The molecule has 1 aliphatic heterocycles. The lowest BCUT2D eigenvalue weighted by molar-refractivity contribution is 0.343. The summed E-state index contributed by atoms with van der Waals surface area (Å²) in [5.41, 5.74) is 0.909. The number of halogens is 2. The first-order chi connectivity index (χ1) is 15.9. The van der Waals surface area contributed by atoms with Gasteiger partial charge in [0.1, 0.15) is 36.2 Å². The van der Waals surface area contributed by atoms with Crippen LogP contribution < -0.4 is 9.46 Å². The minimum Gasteiger partial charge on any atom is -0.453 e. The van der Waals surface area contributed by atoms with Crippen LogP contribution in [0.4, 0.5) is 14.5 Å². The van der Waals surface area contributed by atoms with Gasteiger partial charge in [-0.25, -0.2) is 18.7 Å². The van der Waals surface area contributed by atoms with E-state index in [-0.39, 0.29) is 36.5 Å². The van der Waals surface area contributed by atoms with E-state index in [9.17, 15) is 22.5 Å². The summed E-state index contributed by atoms with van der Waals surface area (Å²) in [7, 11) is -4.13. The third kappa shape index (κ3) is 3.81. The molecule has 12 heteroatoms. The zero-order chi connectivity index (χ0) is 23.2. The predicted octanol–water partition coefficient (Wildman–Crippen LogP) is 3.39. The van der Waals surface area contributed by atoms with Crippen LogP contribution in [0.5, 0.6) is 11.5 Å². The maximum atomic E-state index is 14.7. The number of hydrogen-bond acceptors (Lipinski definition) is 6. The molecular formula is C21H16F2N6O3S. The van der Waals surface area contributed by atoms with Crippen molar-refractivity contribution in [2.45, 2.75) is 12.6 Å². The van der Waals surface area contributed by atoms with E-state index in [1.807, 2.05) is 0 Å². The average Bonchev–Trinajstić information content (AvgIpc) is 3.45. The molecule has 2 aromatic carbocycles. The van der Waals surface area contributed by atoms with Gasteiger partial charge < -0.3 is 4.74 Å². The standard InChI is InChI=1S/C21H16F2N6O3S/c22-13-5-6-29(10-13)33(30,31)27-19-4-2-17(23)21(16(19)8-24)32-14-1-3-18-15(7-14)20-9-25-11-28(20)12-26-18/h1-4,7,9,11-13,27H,5-6,10H2/t13-/m1/s1. The van der Waals surface area contributed by atoms with Gasteiger partial charge in [0.05, 0.1) is 22.9 Å². The Morgan fingerprint density at radius 3 is 2.85 bits per heavy atom. The van der Waals surface area contributed by atoms with Gasteiger partial charge in [0.2, 0.25) is 0 Å². The van der Waals surface area contributed by atoms with Crippen molar-refractivity contribution in [3.8, 4) is 17.6 Å². The largest absolute Gasteiger partial charge is 0.453 e. The second-order valence-electron chi connectivity index (χ2n) is 7.47. The highest BCUT2D eigenvalue weighted by Gasteiger charge is 2.32. The molecule has 1 atom stereocenters. The Hall–Kier alpha value is -3.82. The van der Waals surface area contributed by atoms with E-state index in [2.05, 4.69) is 14.7 Å². The van der Waals surface area contributed by atoms with E-state index in [1.165, 1.54) is 0 Å². The van der Waals surface area contributed by atoms with Gasteiger partial charge in [0, 0.05) is 18.5 Å². The van der Waals surface area contributed by atoms with Crippen molar-refractivity contribution in [3.63, 3.8) is 0 Å².